The highest BCUT2D eigenvalue weighted by Crippen LogP contribution is 2.60. The number of piperidine rings is 1. The van der Waals surface area contributed by atoms with Gasteiger partial charge < -0.3 is 14.1 Å². The Morgan fingerprint density at radius 3 is 2.13 bits per heavy atom. The van der Waals surface area contributed by atoms with Crippen LogP contribution < -0.4 is 15.3 Å². The topological polar surface area (TPSA) is 73.7 Å². The Morgan fingerprint density at radius 2 is 1.56 bits per heavy atom. The highest BCUT2D eigenvalue weighted by atomic mass is 35.5. The minimum absolute atomic E-state index is 0.0244. The second kappa shape index (κ2) is 14.6. The van der Waals surface area contributed by atoms with Gasteiger partial charge in [-0.1, -0.05) is 105 Å². The van der Waals surface area contributed by atoms with Gasteiger partial charge in [-0.2, -0.15) is 17.9 Å². The fourth-order valence-electron chi connectivity index (χ4n) is 8.74. The molecule has 1 aromatic heterocycles. The van der Waals surface area contributed by atoms with Crippen molar-refractivity contribution in [1.82, 2.24) is 9.78 Å². The van der Waals surface area contributed by atoms with Crippen molar-refractivity contribution >= 4 is 48.0 Å². The highest BCUT2D eigenvalue weighted by Gasteiger charge is 2.65. The maximum absolute atomic E-state index is 14.5. The lowest BCUT2D eigenvalue weighted by atomic mass is 9.90. The second-order valence-electron chi connectivity index (χ2n) is 15.8. The number of carbonyl (C=O) groups is 2. The molecule has 54 heavy (non-hydrogen) atoms. The molecular formula is C42H47ClF3N3O4Si. The van der Waals surface area contributed by atoms with Gasteiger partial charge in [-0.3, -0.25) is 9.59 Å². The second-order valence-corrected chi connectivity index (χ2v) is 20.5. The number of aromatic nitrogens is 2. The number of carbonyl (C=O) groups excluding carboxylic acids is 2. The Bertz CT molecular complexity index is 1970. The smallest absolute Gasteiger partial charge is 0.398 e. The van der Waals surface area contributed by atoms with E-state index in [0.717, 1.165) is 28.8 Å². The van der Waals surface area contributed by atoms with Crippen LogP contribution >= 0.6 is 11.6 Å². The van der Waals surface area contributed by atoms with Crippen LogP contribution in [0.3, 0.4) is 0 Å². The molecule has 3 aliphatic rings. The normalized spacial score (nSPS) is 20.0. The molecule has 2 atom stereocenters. The number of alkyl halides is 3. The molecule has 0 spiro atoms. The summed E-state index contributed by atoms with van der Waals surface area (Å²) >= 11 is 6.59. The molecule has 0 N–H and O–H groups in total. The molecule has 0 radical (unpaired) electrons. The van der Waals surface area contributed by atoms with Crippen molar-refractivity contribution in [2.45, 2.75) is 95.4 Å². The summed E-state index contributed by atoms with van der Waals surface area (Å²) in [4.78, 5) is 30.3. The van der Waals surface area contributed by atoms with Crippen molar-refractivity contribution in [3.63, 3.8) is 0 Å². The van der Waals surface area contributed by atoms with Crippen LogP contribution in [0.15, 0.2) is 78.9 Å². The fraction of sp³-hybridized carbons (Fsp3) is 0.452. The van der Waals surface area contributed by atoms with E-state index in [1.54, 1.807) is 6.92 Å². The van der Waals surface area contributed by atoms with Gasteiger partial charge in [-0.25, -0.2) is 0 Å². The zero-order valence-electron chi connectivity index (χ0n) is 31.2. The number of esters is 1. The lowest BCUT2D eigenvalue weighted by Crippen LogP contribution is -2.69. The van der Waals surface area contributed by atoms with E-state index in [1.165, 1.54) is 22.9 Å². The van der Waals surface area contributed by atoms with Crippen LogP contribution in [0.1, 0.15) is 87.0 Å². The van der Waals surface area contributed by atoms with Crippen molar-refractivity contribution in [1.29, 1.82) is 0 Å². The Hall–Kier alpha value is -3.93. The van der Waals surface area contributed by atoms with Crippen LogP contribution in [0.4, 0.5) is 19.0 Å². The van der Waals surface area contributed by atoms with Crippen LogP contribution in [-0.2, 0) is 32.2 Å². The minimum atomic E-state index is -4.52. The van der Waals surface area contributed by atoms with Gasteiger partial charge >= 0.3 is 12.1 Å². The highest BCUT2D eigenvalue weighted by molar-refractivity contribution is 6.99. The largest absolute Gasteiger partial charge is 0.466 e. The molecule has 2 fully saturated rings. The Labute approximate surface area is 320 Å². The van der Waals surface area contributed by atoms with E-state index in [0.29, 0.717) is 43.9 Å². The number of hydrogen-bond acceptors (Lipinski definition) is 6. The van der Waals surface area contributed by atoms with E-state index in [4.69, 9.17) is 25.9 Å². The minimum Gasteiger partial charge on any atom is -0.466 e. The molecule has 0 amide bonds. The van der Waals surface area contributed by atoms with Gasteiger partial charge in [0.05, 0.1) is 40.3 Å². The molecule has 7 rings (SSSR count). The molecular weight excluding hydrogens is 731 g/mol. The maximum atomic E-state index is 14.5. The summed E-state index contributed by atoms with van der Waals surface area (Å²) in [5.41, 5.74) is -0.743. The van der Waals surface area contributed by atoms with Gasteiger partial charge in [0.15, 0.2) is 5.82 Å². The fourth-order valence-corrected chi connectivity index (χ4v) is 13.7. The van der Waals surface area contributed by atoms with Crippen molar-refractivity contribution in [3.05, 3.63) is 106 Å². The first-order valence-corrected chi connectivity index (χ1v) is 21.2. The summed E-state index contributed by atoms with van der Waals surface area (Å²) in [5, 5.41) is 6.72. The molecule has 1 saturated heterocycles. The Balaban J connectivity index is 1.31. The van der Waals surface area contributed by atoms with Crippen LogP contribution in [0.5, 0.6) is 0 Å². The summed E-state index contributed by atoms with van der Waals surface area (Å²) in [7, 11) is -3.12. The first-order valence-electron chi connectivity index (χ1n) is 18.9. The molecule has 1 saturated carbocycles. The molecule has 2 aliphatic carbocycles. The van der Waals surface area contributed by atoms with Crippen molar-refractivity contribution < 1.29 is 31.9 Å². The Morgan fingerprint density at radius 1 is 0.926 bits per heavy atom. The number of fused-ring (bicyclic) bond motifs is 1. The lowest BCUT2D eigenvalue weighted by molar-refractivity contribution is -0.160. The van der Waals surface area contributed by atoms with Crippen molar-refractivity contribution in [2.24, 2.45) is 5.92 Å². The molecule has 4 aromatic rings. The van der Waals surface area contributed by atoms with Crippen LogP contribution in [0, 0.1) is 5.92 Å². The number of rotatable bonds is 9. The van der Waals surface area contributed by atoms with Gasteiger partial charge in [-0.15, -0.1) is 5.10 Å². The molecule has 1 aliphatic heterocycles. The van der Waals surface area contributed by atoms with Gasteiger partial charge in [0.25, 0.3) is 14.2 Å². The maximum Gasteiger partial charge on any atom is 0.398 e. The lowest BCUT2D eigenvalue weighted by Gasteiger charge is -2.48. The third-order valence-electron chi connectivity index (χ3n) is 11.6. The average molecular weight is 778 g/mol. The number of ether oxygens (including phenoxy) is 1. The van der Waals surface area contributed by atoms with Crippen molar-refractivity contribution in [3.8, 4) is 0 Å². The average Bonchev–Trinajstić information content (AvgIpc) is 3.89. The molecule has 7 nitrogen and oxygen atoms in total. The summed E-state index contributed by atoms with van der Waals surface area (Å²) in [5.74, 6) is -0.920. The number of benzene rings is 3. The third kappa shape index (κ3) is 6.59. The molecule has 0 bridgehead atoms. The Kier molecular flexibility index (Phi) is 10.4. The predicted molar refractivity (Wildman–Crippen MR) is 206 cm³/mol. The zero-order valence-corrected chi connectivity index (χ0v) is 33.0. The molecule has 286 valence electrons. The first-order chi connectivity index (χ1) is 25.7. The van der Waals surface area contributed by atoms with E-state index >= 15 is 0 Å². The standard InChI is InChI=1S/C42H47ClF3N3O4Si/c1-5-52-39(51)31-23-26-48(27-35(31)53-54(40(2,3)4,28-15-8-6-9-16-28)29-17-10-7-11-18-29)37-30-19-12-13-22-34(30)49(47-37)38(50)36-32(20-14-21-33(36)43)41(24-25-41)42(44,45)46/h6-11,14-18,20-21,31,35H,5,12-13,19,22-27H2,1-4H3/t31-,35-/m1/s1. The van der Waals surface area contributed by atoms with Gasteiger partial charge in [0, 0.05) is 18.7 Å². The van der Waals surface area contributed by atoms with Crippen molar-refractivity contribution in [2.75, 3.05) is 24.6 Å². The summed E-state index contributed by atoms with van der Waals surface area (Å²) in [6.07, 6.45) is -1.96. The van der Waals surface area contributed by atoms with Crippen LogP contribution in [-0.4, -0.2) is 62.0 Å². The monoisotopic (exact) mass is 777 g/mol. The number of nitrogens with zero attached hydrogens (tertiary/aromatic N) is 3. The van der Waals surface area contributed by atoms with E-state index < -0.39 is 37.8 Å². The summed E-state index contributed by atoms with van der Waals surface area (Å²) in [6, 6.07) is 24.8. The van der Waals surface area contributed by atoms with Gasteiger partial charge in [0.1, 0.15) is 0 Å². The number of anilines is 1. The summed E-state index contributed by atoms with van der Waals surface area (Å²) < 4.78 is 57.8. The molecule has 3 aromatic carbocycles. The number of hydrogen-bond donors (Lipinski definition) is 0. The van der Waals surface area contributed by atoms with Crippen LogP contribution in [0.2, 0.25) is 10.1 Å². The predicted octanol–water partition coefficient (Wildman–Crippen LogP) is 8.03. The quantitative estimate of drug-likeness (QED) is 0.127. The van der Waals surface area contributed by atoms with Gasteiger partial charge in [0.2, 0.25) is 0 Å². The molecule has 2 heterocycles. The van der Waals surface area contributed by atoms with E-state index in [2.05, 4.69) is 49.9 Å². The molecule has 12 heteroatoms. The van der Waals surface area contributed by atoms with E-state index in [-0.39, 0.29) is 46.6 Å². The summed E-state index contributed by atoms with van der Waals surface area (Å²) in [6.45, 7) is 9.37. The SMILES string of the molecule is CCOC(=O)[C@@H]1CCN(c2nn(C(=O)c3c(Cl)cccc3C3(C(F)(F)F)CC3)c3c2CCCC3)C[C@H]1O[Si](c1ccccc1)(c1ccccc1)C(C)(C)C. The van der Waals surface area contributed by atoms with E-state index in [1.807, 2.05) is 36.4 Å². The zero-order chi connectivity index (χ0) is 38.5. The molecule has 0 unspecified atom stereocenters. The number of halogens is 4. The van der Waals surface area contributed by atoms with E-state index in [9.17, 15) is 22.8 Å². The third-order valence-corrected chi connectivity index (χ3v) is 17.0. The van der Waals surface area contributed by atoms with Gasteiger partial charge in [-0.05, 0) is 78.9 Å². The first kappa shape index (κ1) is 38.3. The van der Waals surface area contributed by atoms with Crippen LogP contribution in [0.25, 0.3) is 0 Å².